The Hall–Kier alpha value is -2.26. The first-order valence-electron chi connectivity index (χ1n) is 7.14. The average molecular weight is 368 g/mol. The van der Waals surface area contributed by atoms with Gasteiger partial charge in [0.25, 0.3) is 5.91 Å². The van der Waals surface area contributed by atoms with E-state index in [9.17, 15) is 18.0 Å². The van der Waals surface area contributed by atoms with E-state index in [0.29, 0.717) is 0 Å². The van der Waals surface area contributed by atoms with E-state index in [0.717, 1.165) is 11.3 Å². The van der Waals surface area contributed by atoms with Gasteiger partial charge < -0.3 is 4.74 Å². The van der Waals surface area contributed by atoms with Crippen molar-refractivity contribution in [2.24, 2.45) is 0 Å². The fourth-order valence-corrected chi connectivity index (χ4v) is 3.40. The normalized spacial score (nSPS) is 11.1. The second-order valence-corrected chi connectivity index (χ2v) is 7.78. The molecular weight excluding hydrogens is 352 g/mol. The van der Waals surface area contributed by atoms with Gasteiger partial charge in [-0.3, -0.25) is 10.1 Å². The largest absolute Gasteiger partial charge is 0.461 e. The summed E-state index contributed by atoms with van der Waals surface area (Å²) in [5.41, 5.74) is 0.303. The number of ether oxygens (including phenoxy) is 1. The number of nitrogens with zero attached hydrogens (tertiary/aromatic N) is 1. The van der Waals surface area contributed by atoms with E-state index in [4.69, 9.17) is 4.74 Å². The summed E-state index contributed by atoms with van der Waals surface area (Å²) in [6.45, 7) is 3.45. The first-order chi connectivity index (χ1) is 11.4. The Morgan fingerprint density at radius 2 is 2.04 bits per heavy atom. The van der Waals surface area contributed by atoms with E-state index < -0.39 is 21.7 Å². The van der Waals surface area contributed by atoms with Crippen molar-refractivity contribution in [2.45, 2.75) is 18.7 Å². The molecule has 0 spiro atoms. The zero-order chi connectivity index (χ0) is 17.7. The van der Waals surface area contributed by atoms with E-state index in [1.807, 2.05) is 0 Å². The SMILES string of the molecule is CCOC(=O)c1csc(NC(=O)c2cccc(S(=O)(=O)CC)c2)n1. The van der Waals surface area contributed by atoms with Gasteiger partial charge in [-0.1, -0.05) is 13.0 Å². The lowest BCUT2D eigenvalue weighted by molar-refractivity contribution is 0.0520. The Bertz CT molecular complexity index is 858. The first-order valence-corrected chi connectivity index (χ1v) is 9.67. The Morgan fingerprint density at radius 3 is 2.71 bits per heavy atom. The van der Waals surface area contributed by atoms with Crippen LogP contribution in [0.4, 0.5) is 5.13 Å². The third-order valence-electron chi connectivity index (χ3n) is 3.04. The number of sulfone groups is 1. The van der Waals surface area contributed by atoms with Gasteiger partial charge >= 0.3 is 5.97 Å². The van der Waals surface area contributed by atoms with Crippen LogP contribution in [0.3, 0.4) is 0 Å². The van der Waals surface area contributed by atoms with E-state index >= 15 is 0 Å². The van der Waals surface area contributed by atoms with Gasteiger partial charge in [-0.2, -0.15) is 0 Å². The molecule has 7 nitrogen and oxygen atoms in total. The second kappa shape index (κ2) is 7.54. The lowest BCUT2D eigenvalue weighted by Gasteiger charge is -2.05. The van der Waals surface area contributed by atoms with Crippen LogP contribution in [0.15, 0.2) is 34.5 Å². The van der Waals surface area contributed by atoms with Crippen LogP contribution in [0, 0.1) is 0 Å². The van der Waals surface area contributed by atoms with Gasteiger partial charge in [0.2, 0.25) is 0 Å². The fraction of sp³-hybridized carbons (Fsp3) is 0.267. The molecular formula is C15H16N2O5S2. The number of benzene rings is 1. The molecule has 1 N–H and O–H groups in total. The zero-order valence-corrected chi connectivity index (χ0v) is 14.7. The van der Waals surface area contributed by atoms with Crippen molar-refractivity contribution in [3.05, 3.63) is 40.9 Å². The molecule has 0 saturated heterocycles. The van der Waals surface area contributed by atoms with E-state index in [1.54, 1.807) is 6.92 Å². The van der Waals surface area contributed by atoms with Crippen molar-refractivity contribution < 1.29 is 22.7 Å². The van der Waals surface area contributed by atoms with Gasteiger partial charge in [-0.25, -0.2) is 18.2 Å². The number of amides is 1. The van der Waals surface area contributed by atoms with Crippen LogP contribution >= 0.6 is 11.3 Å². The molecule has 0 radical (unpaired) electrons. The minimum Gasteiger partial charge on any atom is -0.461 e. The maximum Gasteiger partial charge on any atom is 0.357 e. The Labute approximate surface area is 143 Å². The summed E-state index contributed by atoms with van der Waals surface area (Å²) in [4.78, 5) is 27.8. The molecule has 1 heterocycles. The summed E-state index contributed by atoms with van der Waals surface area (Å²) < 4.78 is 28.6. The monoisotopic (exact) mass is 368 g/mol. The smallest absolute Gasteiger partial charge is 0.357 e. The molecule has 0 fully saturated rings. The number of nitrogens with one attached hydrogen (secondary N) is 1. The van der Waals surface area contributed by atoms with Crippen molar-refractivity contribution in [3.63, 3.8) is 0 Å². The number of carbonyl (C=O) groups excluding carboxylic acids is 2. The number of hydrogen-bond acceptors (Lipinski definition) is 7. The third-order valence-corrected chi connectivity index (χ3v) is 5.53. The summed E-state index contributed by atoms with van der Waals surface area (Å²) in [5.74, 6) is -1.12. The second-order valence-electron chi connectivity index (χ2n) is 4.64. The molecule has 2 rings (SSSR count). The van der Waals surface area contributed by atoms with E-state index in [2.05, 4.69) is 10.3 Å². The number of thiazole rings is 1. The molecule has 24 heavy (non-hydrogen) atoms. The standard InChI is InChI=1S/C15H16N2O5S2/c1-3-22-14(19)12-9-23-15(16-12)17-13(18)10-6-5-7-11(8-10)24(20,21)4-2/h5-9H,3-4H2,1-2H3,(H,16,17,18). The number of aromatic nitrogens is 1. The summed E-state index contributed by atoms with van der Waals surface area (Å²) in [6, 6.07) is 5.76. The van der Waals surface area contributed by atoms with Gasteiger partial charge in [0.05, 0.1) is 17.3 Å². The highest BCUT2D eigenvalue weighted by atomic mass is 32.2. The summed E-state index contributed by atoms with van der Waals surface area (Å²) >= 11 is 1.08. The molecule has 1 amide bonds. The topological polar surface area (TPSA) is 102 Å². The quantitative estimate of drug-likeness (QED) is 0.785. The predicted octanol–water partition coefficient (Wildman–Crippen LogP) is 2.37. The maximum absolute atomic E-state index is 12.2. The van der Waals surface area contributed by atoms with Crippen molar-refractivity contribution >= 4 is 38.2 Å². The van der Waals surface area contributed by atoms with Crippen LogP contribution in [0.2, 0.25) is 0 Å². The third kappa shape index (κ3) is 4.18. The molecule has 0 aliphatic rings. The summed E-state index contributed by atoms with van der Waals surface area (Å²) in [5, 5.41) is 4.24. The minimum absolute atomic E-state index is 0.0482. The molecule has 128 valence electrons. The molecule has 0 bridgehead atoms. The molecule has 1 aromatic carbocycles. The van der Waals surface area contributed by atoms with Crippen LogP contribution in [0.1, 0.15) is 34.7 Å². The Kier molecular flexibility index (Phi) is 5.68. The number of anilines is 1. The van der Waals surface area contributed by atoms with Gasteiger partial charge in [0.15, 0.2) is 20.7 Å². The Morgan fingerprint density at radius 1 is 1.29 bits per heavy atom. The molecule has 1 aromatic heterocycles. The summed E-state index contributed by atoms with van der Waals surface area (Å²) in [6.07, 6.45) is 0. The Balaban J connectivity index is 2.16. The highest BCUT2D eigenvalue weighted by Crippen LogP contribution is 2.19. The van der Waals surface area contributed by atoms with Crippen molar-refractivity contribution in [2.75, 3.05) is 17.7 Å². The first kappa shape index (κ1) is 18.1. The maximum atomic E-state index is 12.2. The highest BCUT2D eigenvalue weighted by molar-refractivity contribution is 7.91. The van der Waals surface area contributed by atoms with Crippen molar-refractivity contribution in [1.29, 1.82) is 0 Å². The predicted molar refractivity (Wildman–Crippen MR) is 90.2 cm³/mol. The minimum atomic E-state index is -3.39. The lowest BCUT2D eigenvalue weighted by atomic mass is 10.2. The van der Waals surface area contributed by atoms with Crippen LogP contribution < -0.4 is 5.32 Å². The molecule has 9 heteroatoms. The van der Waals surface area contributed by atoms with Crippen molar-refractivity contribution in [1.82, 2.24) is 4.98 Å². The number of rotatable bonds is 6. The van der Waals surface area contributed by atoms with Crippen LogP contribution in [-0.2, 0) is 14.6 Å². The fourth-order valence-electron chi connectivity index (χ4n) is 1.80. The molecule has 0 atom stereocenters. The van der Waals surface area contributed by atoms with Crippen LogP contribution in [0.5, 0.6) is 0 Å². The van der Waals surface area contributed by atoms with Gasteiger partial charge in [-0.05, 0) is 25.1 Å². The van der Waals surface area contributed by atoms with Crippen LogP contribution in [-0.4, -0.2) is 37.6 Å². The van der Waals surface area contributed by atoms with Crippen molar-refractivity contribution in [3.8, 4) is 0 Å². The molecule has 0 saturated carbocycles. The zero-order valence-electron chi connectivity index (χ0n) is 13.1. The van der Waals surface area contributed by atoms with Gasteiger partial charge in [-0.15, -0.1) is 11.3 Å². The van der Waals surface area contributed by atoms with Gasteiger partial charge in [0.1, 0.15) is 0 Å². The number of carbonyl (C=O) groups is 2. The highest BCUT2D eigenvalue weighted by Gasteiger charge is 2.16. The number of hydrogen-bond donors (Lipinski definition) is 1. The van der Waals surface area contributed by atoms with Crippen LogP contribution in [0.25, 0.3) is 0 Å². The molecule has 2 aromatic rings. The summed E-state index contributed by atoms with van der Waals surface area (Å²) in [7, 11) is -3.39. The van der Waals surface area contributed by atoms with E-state index in [-0.39, 0.29) is 33.6 Å². The molecule has 0 aliphatic heterocycles. The lowest BCUT2D eigenvalue weighted by Crippen LogP contribution is -2.13. The molecule has 0 aliphatic carbocycles. The molecule has 0 unspecified atom stereocenters. The number of esters is 1. The average Bonchev–Trinajstić information content (AvgIpc) is 3.04. The van der Waals surface area contributed by atoms with Gasteiger partial charge in [0, 0.05) is 10.9 Å². The van der Waals surface area contributed by atoms with E-state index in [1.165, 1.54) is 36.6 Å².